The molecule has 0 heterocycles. The van der Waals surface area contributed by atoms with E-state index in [9.17, 15) is 0 Å². The maximum absolute atomic E-state index is 6.05. The van der Waals surface area contributed by atoms with Crippen molar-refractivity contribution in [2.24, 2.45) is 0 Å². The molecule has 0 spiro atoms. The monoisotopic (exact) mass is 458 g/mol. The second-order valence-electron chi connectivity index (χ2n) is 7.72. The number of fused-ring (bicyclic) bond motifs is 3. The van der Waals surface area contributed by atoms with Gasteiger partial charge in [-0.15, -0.1) is 0 Å². The summed E-state index contributed by atoms with van der Waals surface area (Å²) in [5.74, 6) is 0. The number of benzene rings is 3. The Kier molecular flexibility index (Phi) is 5.94. The van der Waals surface area contributed by atoms with Gasteiger partial charge in [-0.05, 0) is 91.4 Å². The first-order valence-electron chi connectivity index (χ1n) is 10.3. The Balaban J connectivity index is 1.66. The summed E-state index contributed by atoms with van der Waals surface area (Å²) >= 11 is 18.1. The first-order valence-corrected chi connectivity index (χ1v) is 11.4. The molecule has 0 saturated heterocycles. The third kappa shape index (κ3) is 4.14. The average molecular weight is 460 g/mol. The van der Waals surface area contributed by atoms with Crippen molar-refractivity contribution in [3.8, 4) is 11.1 Å². The molecule has 0 amide bonds. The number of hydrogen-bond acceptors (Lipinski definition) is 2. The van der Waals surface area contributed by atoms with Crippen LogP contribution < -0.4 is 10.2 Å². The van der Waals surface area contributed by atoms with Crippen molar-refractivity contribution in [2.45, 2.75) is 31.0 Å². The fraction of sp³-hybridized carbons (Fsp3) is 0.280. The van der Waals surface area contributed by atoms with Gasteiger partial charge in [-0.25, -0.2) is 0 Å². The molecule has 0 radical (unpaired) electrons. The van der Waals surface area contributed by atoms with Gasteiger partial charge in [0.2, 0.25) is 3.79 Å². The molecule has 5 heteroatoms. The van der Waals surface area contributed by atoms with E-state index in [0.717, 1.165) is 30.9 Å². The van der Waals surface area contributed by atoms with Crippen LogP contribution in [0.4, 0.5) is 17.1 Å². The molecule has 0 aromatic heterocycles. The minimum absolute atomic E-state index is 0.646. The van der Waals surface area contributed by atoms with Gasteiger partial charge >= 0.3 is 0 Å². The number of alkyl halides is 3. The van der Waals surface area contributed by atoms with Crippen LogP contribution in [0.1, 0.15) is 36.1 Å². The van der Waals surface area contributed by atoms with Crippen LogP contribution in [0.25, 0.3) is 11.1 Å². The molecule has 0 unspecified atom stereocenters. The van der Waals surface area contributed by atoms with Gasteiger partial charge in [0.05, 0.1) is 0 Å². The molecule has 0 aliphatic heterocycles. The molecule has 30 heavy (non-hydrogen) atoms. The largest absolute Gasteiger partial charge is 0.372 e. The number of rotatable bonds is 5. The average Bonchev–Trinajstić information content (AvgIpc) is 3.06. The number of nitrogens with zero attached hydrogens (tertiary/aromatic N) is 1. The number of aryl methyl sites for hydroxylation is 1. The van der Waals surface area contributed by atoms with E-state index >= 15 is 0 Å². The van der Waals surface area contributed by atoms with Gasteiger partial charge in [0.1, 0.15) is 0 Å². The molecule has 3 aromatic carbocycles. The third-order valence-electron chi connectivity index (χ3n) is 5.81. The predicted molar refractivity (Wildman–Crippen MR) is 132 cm³/mol. The molecule has 0 bridgehead atoms. The van der Waals surface area contributed by atoms with Crippen molar-refractivity contribution in [2.75, 3.05) is 23.3 Å². The van der Waals surface area contributed by atoms with Gasteiger partial charge in [0.25, 0.3) is 0 Å². The first kappa shape index (κ1) is 21.4. The van der Waals surface area contributed by atoms with E-state index in [0.29, 0.717) is 5.56 Å². The quantitative estimate of drug-likeness (QED) is 0.304. The Morgan fingerprint density at radius 2 is 1.63 bits per heavy atom. The fourth-order valence-electron chi connectivity index (χ4n) is 4.17. The van der Waals surface area contributed by atoms with Crippen LogP contribution >= 0.6 is 34.8 Å². The highest BCUT2D eigenvalue weighted by Crippen LogP contribution is 2.42. The summed E-state index contributed by atoms with van der Waals surface area (Å²) in [7, 11) is 0. The van der Waals surface area contributed by atoms with E-state index in [1.165, 1.54) is 33.5 Å². The minimum atomic E-state index is -1.44. The van der Waals surface area contributed by atoms with Crippen LogP contribution in [0, 0.1) is 6.92 Å². The Bertz CT molecular complexity index is 1080. The van der Waals surface area contributed by atoms with E-state index in [1.807, 2.05) is 24.3 Å². The number of halogens is 3. The van der Waals surface area contributed by atoms with Crippen LogP contribution in [0.2, 0.25) is 0 Å². The van der Waals surface area contributed by atoms with Crippen molar-refractivity contribution < 1.29 is 0 Å². The fourth-order valence-corrected chi connectivity index (χ4v) is 4.53. The lowest BCUT2D eigenvalue weighted by molar-refractivity contribution is 0.866. The van der Waals surface area contributed by atoms with Crippen molar-refractivity contribution in [3.63, 3.8) is 0 Å². The summed E-state index contributed by atoms with van der Waals surface area (Å²) in [6, 6.07) is 19.0. The van der Waals surface area contributed by atoms with Gasteiger partial charge in [-0.1, -0.05) is 53.0 Å². The Hall–Kier alpha value is -1.87. The summed E-state index contributed by atoms with van der Waals surface area (Å²) in [4.78, 5) is 2.39. The van der Waals surface area contributed by atoms with Gasteiger partial charge in [0, 0.05) is 35.7 Å². The normalized spacial score (nSPS) is 12.5. The summed E-state index contributed by atoms with van der Waals surface area (Å²) in [5.41, 5.74) is 10.5. The molecule has 0 atom stereocenters. The predicted octanol–water partition coefficient (Wildman–Crippen LogP) is 7.98. The van der Waals surface area contributed by atoms with Gasteiger partial charge in [-0.3, -0.25) is 0 Å². The SMILES string of the molecule is CCN(CC)c1ccc2c(c1)-c1cc(C)c(Nc3cccc(C(Cl)(Cl)Cl)c3)cc1C2. The molecular weight excluding hydrogens is 435 g/mol. The minimum Gasteiger partial charge on any atom is -0.372 e. The summed E-state index contributed by atoms with van der Waals surface area (Å²) in [6.45, 7) is 8.55. The molecule has 4 rings (SSSR count). The van der Waals surface area contributed by atoms with Crippen molar-refractivity contribution in [1.82, 2.24) is 0 Å². The first-order chi connectivity index (χ1) is 14.3. The summed E-state index contributed by atoms with van der Waals surface area (Å²) in [6.07, 6.45) is 0.951. The van der Waals surface area contributed by atoms with Gasteiger partial charge in [0.15, 0.2) is 0 Å². The maximum atomic E-state index is 6.05. The van der Waals surface area contributed by atoms with Gasteiger partial charge < -0.3 is 10.2 Å². The lowest BCUT2D eigenvalue weighted by atomic mass is 10.0. The molecule has 1 N–H and O–H groups in total. The molecule has 1 aliphatic rings. The van der Waals surface area contributed by atoms with E-state index in [2.05, 4.69) is 61.3 Å². The topological polar surface area (TPSA) is 15.3 Å². The van der Waals surface area contributed by atoms with Crippen LogP contribution in [0.3, 0.4) is 0 Å². The van der Waals surface area contributed by atoms with Crippen LogP contribution in [-0.4, -0.2) is 13.1 Å². The number of hydrogen-bond donors (Lipinski definition) is 1. The molecule has 0 saturated carbocycles. The van der Waals surface area contributed by atoms with Crippen molar-refractivity contribution in [3.05, 3.63) is 76.9 Å². The van der Waals surface area contributed by atoms with Crippen LogP contribution in [0.5, 0.6) is 0 Å². The molecule has 1 aliphatic carbocycles. The van der Waals surface area contributed by atoms with Crippen LogP contribution in [-0.2, 0) is 10.2 Å². The molecule has 156 valence electrons. The van der Waals surface area contributed by atoms with Gasteiger partial charge in [-0.2, -0.15) is 0 Å². The van der Waals surface area contributed by atoms with E-state index < -0.39 is 3.79 Å². The van der Waals surface area contributed by atoms with Crippen molar-refractivity contribution >= 4 is 51.9 Å². The maximum Gasteiger partial charge on any atom is 0.216 e. The summed E-state index contributed by atoms with van der Waals surface area (Å²) in [5, 5.41) is 3.50. The number of nitrogens with one attached hydrogen (secondary N) is 1. The Morgan fingerprint density at radius 1 is 0.900 bits per heavy atom. The molecule has 0 fully saturated rings. The zero-order chi connectivity index (χ0) is 21.5. The standard InChI is InChI=1S/C25H25Cl3N2/c1-4-30(5-2)21-10-9-17-12-18-13-24(16(3)11-22(18)23(17)15-21)29-20-8-6-7-19(14-20)25(26,27)28/h6-11,13-15,29H,4-5,12H2,1-3H3. The highest BCUT2D eigenvalue weighted by atomic mass is 35.6. The zero-order valence-electron chi connectivity index (χ0n) is 17.4. The molecule has 2 nitrogen and oxygen atoms in total. The van der Waals surface area contributed by atoms with E-state index in [4.69, 9.17) is 34.8 Å². The third-order valence-corrected chi connectivity index (χ3v) is 6.47. The zero-order valence-corrected chi connectivity index (χ0v) is 19.7. The highest BCUT2D eigenvalue weighted by molar-refractivity contribution is 6.66. The van der Waals surface area contributed by atoms with Crippen molar-refractivity contribution in [1.29, 1.82) is 0 Å². The second kappa shape index (κ2) is 8.34. The van der Waals surface area contributed by atoms with Crippen LogP contribution in [0.15, 0.2) is 54.6 Å². The second-order valence-corrected chi connectivity index (χ2v) is 10.00. The van der Waals surface area contributed by atoms with E-state index in [-0.39, 0.29) is 0 Å². The Labute approximate surface area is 193 Å². The lowest BCUT2D eigenvalue weighted by Gasteiger charge is -2.22. The summed E-state index contributed by atoms with van der Waals surface area (Å²) < 4.78 is -1.44. The Morgan fingerprint density at radius 3 is 2.33 bits per heavy atom. The molecule has 3 aromatic rings. The lowest BCUT2D eigenvalue weighted by Crippen LogP contribution is -2.21. The highest BCUT2D eigenvalue weighted by Gasteiger charge is 2.23. The van der Waals surface area contributed by atoms with E-state index in [1.54, 1.807) is 0 Å². The smallest absolute Gasteiger partial charge is 0.216 e. The molecular formula is C25H25Cl3N2. The number of anilines is 3.